The van der Waals surface area contributed by atoms with Crippen LogP contribution in [0, 0.1) is 5.92 Å². The number of rotatable bonds is 7. The van der Waals surface area contributed by atoms with E-state index in [1.807, 2.05) is 12.1 Å². The summed E-state index contributed by atoms with van der Waals surface area (Å²) in [6.45, 7) is 5.56. The van der Waals surface area contributed by atoms with Crippen molar-refractivity contribution in [2.45, 2.75) is 32.3 Å². The summed E-state index contributed by atoms with van der Waals surface area (Å²) in [5.74, 6) is 0.264. The van der Waals surface area contributed by atoms with Crippen LogP contribution in [0.4, 0.5) is 0 Å². The van der Waals surface area contributed by atoms with Crippen LogP contribution < -0.4 is 0 Å². The lowest BCUT2D eigenvalue weighted by Crippen LogP contribution is -2.24. The first-order valence-corrected chi connectivity index (χ1v) is 9.15. The maximum Gasteiger partial charge on any atom is 0.337 e. The number of carbonyl (C=O) groups is 1. The zero-order valence-corrected chi connectivity index (χ0v) is 16.5. The number of aliphatic hydroxyl groups excluding tert-OH is 1. The van der Waals surface area contributed by atoms with Gasteiger partial charge in [-0.3, -0.25) is 0 Å². The second-order valence-electron chi connectivity index (χ2n) is 7.00. The first kappa shape index (κ1) is 22.7. The number of hydrogen-bond acceptors (Lipinski definition) is 4. The number of aliphatic hydroxyl groups is 1. The van der Waals surface area contributed by atoms with Gasteiger partial charge in [-0.1, -0.05) is 56.3 Å². The molecule has 0 heterocycles. The Morgan fingerprint density at radius 3 is 2.11 bits per heavy atom. The molecule has 5 heteroatoms. The van der Waals surface area contributed by atoms with Gasteiger partial charge in [-0.05, 0) is 55.6 Å². The van der Waals surface area contributed by atoms with Crippen LogP contribution in [-0.4, -0.2) is 46.8 Å². The quantitative estimate of drug-likeness (QED) is 0.686. The van der Waals surface area contributed by atoms with Gasteiger partial charge >= 0.3 is 5.97 Å². The molecule has 3 atom stereocenters. The maximum absolute atomic E-state index is 10.2. The van der Waals surface area contributed by atoms with Gasteiger partial charge in [0.25, 0.3) is 0 Å². The predicted molar refractivity (Wildman–Crippen MR) is 108 cm³/mol. The molecule has 0 aliphatic heterocycles. The molecule has 0 bridgehead atoms. The van der Waals surface area contributed by atoms with Gasteiger partial charge in [-0.15, -0.1) is 0 Å². The maximum atomic E-state index is 10.2. The topological polar surface area (TPSA) is 81.0 Å². The molecule has 0 fully saturated rings. The van der Waals surface area contributed by atoms with Crippen LogP contribution in [0.3, 0.4) is 0 Å². The summed E-state index contributed by atoms with van der Waals surface area (Å²) in [7, 11) is 4.21. The average Bonchev–Trinajstić information content (AvgIpc) is 2.62. The normalized spacial score (nSPS) is 14.0. The van der Waals surface area contributed by atoms with E-state index in [9.17, 15) is 9.90 Å². The Morgan fingerprint density at radius 1 is 1.04 bits per heavy atom. The molecular weight excluding hydrogens is 342 g/mol. The third kappa shape index (κ3) is 7.81. The minimum absolute atomic E-state index is 0.369. The van der Waals surface area contributed by atoms with E-state index in [-0.39, 0.29) is 0 Å². The lowest BCUT2D eigenvalue weighted by molar-refractivity contribution is -0.146. The molecule has 0 saturated carbocycles. The van der Waals surface area contributed by atoms with E-state index < -0.39 is 12.1 Å². The fourth-order valence-electron chi connectivity index (χ4n) is 3.20. The number of carboxylic acid groups (broad SMARTS) is 1. The number of nitrogens with zero attached hydrogens (tertiary/aromatic N) is 1. The molecule has 2 aromatic rings. The number of carboxylic acids is 1. The highest BCUT2D eigenvalue weighted by atomic mass is 16.4. The predicted octanol–water partition coefficient (Wildman–Crippen LogP) is 3.89. The van der Waals surface area contributed by atoms with E-state index in [4.69, 9.17) is 10.2 Å². The number of aliphatic carboxylic acids is 1. The molecular formula is C22H31NO4. The molecule has 2 rings (SSSR count). The zero-order valence-electron chi connectivity index (χ0n) is 16.5. The van der Waals surface area contributed by atoms with Crippen LogP contribution in [0.1, 0.15) is 43.4 Å². The van der Waals surface area contributed by atoms with Gasteiger partial charge < -0.3 is 20.2 Å². The van der Waals surface area contributed by atoms with Gasteiger partial charge in [-0.25, -0.2) is 4.79 Å². The van der Waals surface area contributed by atoms with Crippen LogP contribution in [0.15, 0.2) is 54.6 Å². The van der Waals surface area contributed by atoms with Crippen molar-refractivity contribution >= 4 is 5.97 Å². The number of benzene rings is 2. The molecule has 0 saturated heterocycles. The molecule has 2 aromatic carbocycles. The summed E-state index contributed by atoms with van der Waals surface area (Å²) in [6.07, 6.45) is -0.297. The number of hydrogen-bond donors (Lipinski definition) is 3. The van der Waals surface area contributed by atoms with E-state index in [2.05, 4.69) is 38.9 Å². The third-order valence-corrected chi connectivity index (χ3v) is 4.43. The summed E-state index contributed by atoms with van der Waals surface area (Å²) < 4.78 is 0. The number of aromatic hydroxyl groups is 1. The third-order valence-electron chi connectivity index (χ3n) is 4.43. The van der Waals surface area contributed by atoms with Crippen molar-refractivity contribution in [3.8, 4) is 5.75 Å². The summed E-state index contributed by atoms with van der Waals surface area (Å²) in [6, 6.07) is 15.9. The largest absolute Gasteiger partial charge is 0.508 e. The molecule has 0 spiro atoms. The first-order valence-electron chi connectivity index (χ1n) is 9.15. The van der Waals surface area contributed by atoms with E-state index in [1.165, 1.54) is 5.56 Å². The Morgan fingerprint density at radius 2 is 1.63 bits per heavy atom. The summed E-state index contributed by atoms with van der Waals surface area (Å²) in [5, 5.41) is 26.9. The summed E-state index contributed by atoms with van der Waals surface area (Å²) >= 11 is 0. The van der Waals surface area contributed by atoms with Gasteiger partial charge in [0, 0.05) is 6.54 Å². The molecule has 5 nitrogen and oxygen atoms in total. The molecule has 0 aliphatic rings. The highest BCUT2D eigenvalue weighted by Crippen LogP contribution is 2.30. The molecule has 27 heavy (non-hydrogen) atoms. The highest BCUT2D eigenvalue weighted by molar-refractivity contribution is 5.73. The number of phenolic OH excluding ortho intramolecular Hbond substituents is 1. The first-order chi connectivity index (χ1) is 12.8. The monoisotopic (exact) mass is 373 g/mol. The minimum atomic E-state index is -1.41. The highest BCUT2D eigenvalue weighted by Gasteiger charge is 2.18. The lowest BCUT2D eigenvalue weighted by atomic mass is 9.85. The van der Waals surface area contributed by atoms with Crippen molar-refractivity contribution in [3.05, 3.63) is 65.7 Å². The standard InChI is InChI=1S/C14H23NO.C8H8O3/c1-5-14(11(2)10-15(3)4)12-7-6-8-13(16)9-12;9-7(8(10)11)6-4-2-1-3-5-6/h6-9,11,14,16H,5,10H2,1-4H3;1-5,7,9H,(H,10,11)/t11-,14+;/m0./s1. The Bertz CT molecular complexity index is 688. The van der Waals surface area contributed by atoms with Crippen molar-refractivity contribution in [1.82, 2.24) is 4.90 Å². The van der Waals surface area contributed by atoms with E-state index in [0.29, 0.717) is 23.1 Å². The summed E-state index contributed by atoms with van der Waals surface area (Å²) in [5.41, 5.74) is 1.65. The van der Waals surface area contributed by atoms with Crippen molar-refractivity contribution in [2.24, 2.45) is 5.92 Å². The molecule has 3 N–H and O–H groups in total. The smallest absolute Gasteiger partial charge is 0.337 e. The Labute approximate surface area is 161 Å². The molecule has 1 unspecified atom stereocenters. The van der Waals surface area contributed by atoms with Gasteiger partial charge in [0.15, 0.2) is 6.10 Å². The molecule has 0 aliphatic carbocycles. The van der Waals surface area contributed by atoms with Crippen molar-refractivity contribution in [1.29, 1.82) is 0 Å². The minimum Gasteiger partial charge on any atom is -0.508 e. The lowest BCUT2D eigenvalue weighted by Gasteiger charge is -2.26. The SMILES string of the molecule is CC[C@@H](c1cccc(O)c1)[C@@H](C)CN(C)C.O=C(O)C(O)c1ccccc1. The molecule has 148 valence electrons. The Balaban J connectivity index is 0.000000289. The summed E-state index contributed by atoms with van der Waals surface area (Å²) in [4.78, 5) is 12.5. The van der Waals surface area contributed by atoms with Crippen molar-refractivity contribution in [2.75, 3.05) is 20.6 Å². The van der Waals surface area contributed by atoms with Crippen LogP contribution in [0.2, 0.25) is 0 Å². The van der Waals surface area contributed by atoms with Gasteiger partial charge in [0.2, 0.25) is 0 Å². The van der Waals surface area contributed by atoms with E-state index >= 15 is 0 Å². The van der Waals surface area contributed by atoms with Crippen molar-refractivity contribution in [3.63, 3.8) is 0 Å². The second-order valence-corrected chi connectivity index (χ2v) is 7.00. The van der Waals surface area contributed by atoms with Gasteiger partial charge in [0.05, 0.1) is 0 Å². The van der Waals surface area contributed by atoms with Crippen LogP contribution in [0.5, 0.6) is 5.75 Å². The molecule has 0 amide bonds. The average molecular weight is 373 g/mol. The van der Waals surface area contributed by atoms with Crippen LogP contribution >= 0.6 is 0 Å². The van der Waals surface area contributed by atoms with Crippen molar-refractivity contribution < 1.29 is 20.1 Å². The van der Waals surface area contributed by atoms with E-state index in [1.54, 1.807) is 36.4 Å². The van der Waals surface area contributed by atoms with Gasteiger partial charge in [0.1, 0.15) is 5.75 Å². The van der Waals surface area contributed by atoms with Crippen LogP contribution in [-0.2, 0) is 4.79 Å². The molecule has 0 radical (unpaired) electrons. The second kappa shape index (κ2) is 11.4. The van der Waals surface area contributed by atoms with E-state index in [0.717, 1.165) is 13.0 Å². The Kier molecular flexibility index (Phi) is 9.54. The fourth-order valence-corrected chi connectivity index (χ4v) is 3.20. The fraction of sp³-hybridized carbons (Fsp3) is 0.409. The molecule has 0 aromatic heterocycles. The Hall–Kier alpha value is -2.37. The van der Waals surface area contributed by atoms with Gasteiger partial charge in [-0.2, -0.15) is 0 Å². The van der Waals surface area contributed by atoms with Crippen LogP contribution in [0.25, 0.3) is 0 Å². The zero-order chi connectivity index (χ0) is 20.4. The number of phenols is 1.